The number of nitrogens with one attached hydrogen (secondary N) is 2. The Kier molecular flexibility index (Phi) is 7.35. The van der Waals surface area contributed by atoms with E-state index in [4.69, 9.17) is 9.72 Å². The SMILES string of the molecule is COCCCCNc1nc(C)c(-c2nc3cnccc3s2)c(NC2(O)CCC(CO)C2O)n1. The largest absolute Gasteiger partial charge is 0.396 e. The van der Waals surface area contributed by atoms with Crippen LogP contribution in [0.1, 0.15) is 31.4 Å². The van der Waals surface area contributed by atoms with Gasteiger partial charge in [0.2, 0.25) is 5.95 Å². The number of aryl methyl sites for hydroxylation is 1. The molecule has 1 saturated carbocycles. The molecule has 10 nitrogen and oxygen atoms in total. The van der Waals surface area contributed by atoms with E-state index in [1.807, 2.05) is 13.0 Å². The fourth-order valence-electron chi connectivity index (χ4n) is 4.09. The lowest BCUT2D eigenvalue weighted by Gasteiger charge is -2.31. The molecule has 3 aromatic rings. The molecule has 0 bridgehead atoms. The number of ether oxygens (including phenoxy) is 1. The molecule has 0 amide bonds. The van der Waals surface area contributed by atoms with Gasteiger partial charge >= 0.3 is 0 Å². The Labute approximate surface area is 196 Å². The Morgan fingerprint density at radius 1 is 1.27 bits per heavy atom. The number of thiazole rings is 1. The minimum atomic E-state index is -1.61. The zero-order valence-corrected chi connectivity index (χ0v) is 19.6. The lowest BCUT2D eigenvalue weighted by Crippen LogP contribution is -2.48. The lowest BCUT2D eigenvalue weighted by molar-refractivity contribution is -0.0545. The Bertz CT molecular complexity index is 1060. The second kappa shape index (κ2) is 10.2. The van der Waals surface area contributed by atoms with Gasteiger partial charge in [-0.1, -0.05) is 0 Å². The fraction of sp³-hybridized carbons (Fsp3) is 0.545. The van der Waals surface area contributed by atoms with Crippen LogP contribution in [0.25, 0.3) is 20.8 Å². The van der Waals surface area contributed by atoms with Gasteiger partial charge in [0.25, 0.3) is 0 Å². The average Bonchev–Trinajstić information content (AvgIpc) is 3.34. The molecule has 5 N–H and O–H groups in total. The molecule has 33 heavy (non-hydrogen) atoms. The number of aliphatic hydroxyl groups excluding tert-OH is 2. The molecule has 0 aliphatic heterocycles. The molecule has 178 valence electrons. The zero-order valence-electron chi connectivity index (χ0n) is 18.8. The van der Waals surface area contributed by atoms with Crippen molar-refractivity contribution in [3.63, 3.8) is 0 Å². The normalized spacial score (nSPS) is 22.7. The van der Waals surface area contributed by atoms with Crippen molar-refractivity contribution in [2.24, 2.45) is 5.92 Å². The molecule has 4 rings (SSSR count). The zero-order chi connectivity index (χ0) is 23.4. The van der Waals surface area contributed by atoms with E-state index in [2.05, 4.69) is 25.6 Å². The molecule has 1 aliphatic carbocycles. The maximum Gasteiger partial charge on any atom is 0.224 e. The maximum atomic E-state index is 11.2. The van der Waals surface area contributed by atoms with Crippen LogP contribution in [-0.4, -0.2) is 74.0 Å². The van der Waals surface area contributed by atoms with Crippen LogP contribution in [0.4, 0.5) is 11.8 Å². The number of pyridine rings is 1. The summed E-state index contributed by atoms with van der Waals surface area (Å²) in [6, 6.07) is 1.90. The summed E-state index contributed by atoms with van der Waals surface area (Å²) in [5.41, 5.74) is 0.503. The van der Waals surface area contributed by atoms with E-state index >= 15 is 0 Å². The number of anilines is 2. The first-order chi connectivity index (χ1) is 15.9. The summed E-state index contributed by atoms with van der Waals surface area (Å²) in [5, 5.41) is 38.4. The Balaban J connectivity index is 1.68. The summed E-state index contributed by atoms with van der Waals surface area (Å²) in [6.07, 6.45) is 4.89. The molecule has 0 radical (unpaired) electrons. The van der Waals surface area contributed by atoms with Crippen molar-refractivity contribution in [1.29, 1.82) is 0 Å². The third-order valence-corrected chi connectivity index (χ3v) is 7.01. The van der Waals surface area contributed by atoms with Crippen molar-refractivity contribution in [2.45, 2.75) is 44.4 Å². The number of fused-ring (bicyclic) bond motifs is 1. The van der Waals surface area contributed by atoms with Gasteiger partial charge in [0.05, 0.1) is 22.2 Å². The average molecular weight is 475 g/mol. The molecular formula is C22H30N6O4S. The van der Waals surface area contributed by atoms with Crippen LogP contribution in [0.5, 0.6) is 0 Å². The molecule has 3 aromatic heterocycles. The Morgan fingerprint density at radius 3 is 2.85 bits per heavy atom. The number of aromatic nitrogens is 4. The monoisotopic (exact) mass is 474 g/mol. The van der Waals surface area contributed by atoms with Crippen LogP contribution in [-0.2, 0) is 4.74 Å². The highest BCUT2D eigenvalue weighted by atomic mass is 32.1. The molecule has 3 heterocycles. The highest BCUT2D eigenvalue weighted by Crippen LogP contribution is 2.40. The standard InChI is InChI=1S/C22H30N6O4S/c1-13-17(20-26-15-11-23-9-6-16(15)33-20)19(27-21(25-13)24-8-3-4-10-32-2)28-22(31)7-5-14(12-29)18(22)30/h6,9,11,14,18,29-31H,3-5,7-8,10,12H2,1-2H3,(H2,24,25,27,28). The van der Waals surface area contributed by atoms with Gasteiger partial charge in [-0.2, -0.15) is 4.98 Å². The van der Waals surface area contributed by atoms with E-state index in [0.717, 1.165) is 23.1 Å². The predicted molar refractivity (Wildman–Crippen MR) is 127 cm³/mol. The second-order valence-electron chi connectivity index (χ2n) is 8.32. The van der Waals surface area contributed by atoms with Crippen LogP contribution < -0.4 is 10.6 Å². The first kappa shape index (κ1) is 23.7. The van der Waals surface area contributed by atoms with Crippen LogP contribution in [0.15, 0.2) is 18.5 Å². The van der Waals surface area contributed by atoms with Gasteiger partial charge in [-0.3, -0.25) is 4.98 Å². The third-order valence-electron chi connectivity index (χ3n) is 5.95. The van der Waals surface area contributed by atoms with Crippen molar-refractivity contribution in [3.8, 4) is 10.6 Å². The summed E-state index contributed by atoms with van der Waals surface area (Å²) in [7, 11) is 1.68. The Hall–Kier alpha value is -2.44. The summed E-state index contributed by atoms with van der Waals surface area (Å²) in [6.45, 7) is 3.04. The smallest absolute Gasteiger partial charge is 0.224 e. The molecule has 3 unspecified atom stereocenters. The first-order valence-electron chi connectivity index (χ1n) is 11.1. The summed E-state index contributed by atoms with van der Waals surface area (Å²) in [5.74, 6) is 0.406. The van der Waals surface area contributed by atoms with Gasteiger partial charge < -0.3 is 30.7 Å². The minimum absolute atomic E-state index is 0.194. The lowest BCUT2D eigenvalue weighted by atomic mass is 10.0. The second-order valence-corrected chi connectivity index (χ2v) is 9.35. The van der Waals surface area contributed by atoms with E-state index in [-0.39, 0.29) is 13.0 Å². The van der Waals surface area contributed by atoms with Crippen molar-refractivity contribution < 1.29 is 20.1 Å². The minimum Gasteiger partial charge on any atom is -0.396 e. The summed E-state index contributed by atoms with van der Waals surface area (Å²) >= 11 is 1.48. The molecule has 0 spiro atoms. The number of nitrogens with zero attached hydrogens (tertiary/aromatic N) is 4. The molecule has 0 saturated heterocycles. The van der Waals surface area contributed by atoms with E-state index in [0.29, 0.717) is 47.6 Å². The van der Waals surface area contributed by atoms with Gasteiger partial charge in [0, 0.05) is 39.0 Å². The quantitative estimate of drug-likeness (QED) is 0.219. The number of methoxy groups -OCH3 is 1. The van der Waals surface area contributed by atoms with Gasteiger partial charge in [-0.15, -0.1) is 11.3 Å². The molecule has 11 heteroatoms. The van der Waals surface area contributed by atoms with E-state index < -0.39 is 17.7 Å². The molecule has 0 aromatic carbocycles. The summed E-state index contributed by atoms with van der Waals surface area (Å²) < 4.78 is 6.06. The van der Waals surface area contributed by atoms with Crippen LogP contribution in [0, 0.1) is 12.8 Å². The number of hydrogen-bond acceptors (Lipinski definition) is 11. The van der Waals surface area contributed by atoms with E-state index in [9.17, 15) is 15.3 Å². The first-order valence-corrected chi connectivity index (χ1v) is 11.9. The number of unbranched alkanes of at least 4 members (excludes halogenated alkanes) is 1. The van der Waals surface area contributed by atoms with E-state index in [1.165, 1.54) is 11.3 Å². The van der Waals surface area contributed by atoms with Gasteiger partial charge in [0.1, 0.15) is 22.4 Å². The number of rotatable bonds is 10. The molecule has 1 fully saturated rings. The van der Waals surface area contributed by atoms with Crippen molar-refractivity contribution in [2.75, 3.05) is 37.5 Å². The topological polar surface area (TPSA) is 146 Å². The van der Waals surface area contributed by atoms with Gasteiger partial charge in [-0.25, -0.2) is 9.97 Å². The van der Waals surface area contributed by atoms with Crippen molar-refractivity contribution in [3.05, 3.63) is 24.2 Å². The van der Waals surface area contributed by atoms with Crippen LogP contribution in [0.2, 0.25) is 0 Å². The highest BCUT2D eigenvalue weighted by molar-refractivity contribution is 7.21. The third kappa shape index (κ3) is 5.07. The number of aliphatic hydroxyl groups is 3. The summed E-state index contributed by atoms with van der Waals surface area (Å²) in [4.78, 5) is 18.1. The molecular weight excluding hydrogens is 444 g/mol. The molecule has 3 atom stereocenters. The van der Waals surface area contributed by atoms with Crippen LogP contribution >= 0.6 is 11.3 Å². The Morgan fingerprint density at radius 2 is 2.12 bits per heavy atom. The van der Waals surface area contributed by atoms with E-state index in [1.54, 1.807) is 19.5 Å². The fourth-order valence-corrected chi connectivity index (χ4v) is 5.12. The van der Waals surface area contributed by atoms with Gasteiger partial charge in [-0.05, 0) is 38.7 Å². The highest BCUT2D eigenvalue weighted by Gasteiger charge is 2.47. The van der Waals surface area contributed by atoms with Crippen LogP contribution in [0.3, 0.4) is 0 Å². The number of hydrogen-bond donors (Lipinski definition) is 5. The molecule has 1 aliphatic rings. The van der Waals surface area contributed by atoms with Crippen molar-refractivity contribution in [1.82, 2.24) is 19.9 Å². The van der Waals surface area contributed by atoms with Gasteiger partial charge in [0.15, 0.2) is 5.72 Å². The van der Waals surface area contributed by atoms with Crippen molar-refractivity contribution >= 4 is 33.3 Å². The maximum absolute atomic E-state index is 11.2. The predicted octanol–water partition coefficient (Wildman–Crippen LogP) is 2.16.